The van der Waals surface area contributed by atoms with Crippen LogP contribution in [0.4, 0.5) is 11.4 Å². The summed E-state index contributed by atoms with van der Waals surface area (Å²) in [6.45, 7) is 2.05. The lowest BCUT2D eigenvalue weighted by molar-refractivity contribution is -0.123. The number of nitrogens with zero attached hydrogens (tertiary/aromatic N) is 1. The summed E-state index contributed by atoms with van der Waals surface area (Å²) in [6.07, 6.45) is 0.615. The van der Waals surface area contributed by atoms with E-state index < -0.39 is 11.8 Å². The van der Waals surface area contributed by atoms with Gasteiger partial charge in [-0.15, -0.1) is 0 Å². The summed E-state index contributed by atoms with van der Waals surface area (Å²) in [5.74, 6) is -0.864. The maximum atomic E-state index is 11.9. The van der Waals surface area contributed by atoms with Crippen LogP contribution in [0.1, 0.15) is 24.5 Å². The lowest BCUT2D eigenvalue weighted by Gasteiger charge is -2.08. The van der Waals surface area contributed by atoms with Gasteiger partial charge in [0.15, 0.2) is 0 Å². The molecule has 0 fully saturated rings. The number of hydrogen-bond acceptors (Lipinski definition) is 3. The van der Waals surface area contributed by atoms with Gasteiger partial charge in [-0.2, -0.15) is 5.26 Å². The predicted octanol–water partition coefficient (Wildman–Crippen LogP) is 3.09. The van der Waals surface area contributed by atoms with Crippen LogP contribution < -0.4 is 10.6 Å². The summed E-state index contributed by atoms with van der Waals surface area (Å²) in [6, 6.07) is 16.1. The summed E-state index contributed by atoms with van der Waals surface area (Å²) in [7, 11) is 0. The average molecular weight is 307 g/mol. The fraction of sp³-hybridized carbons (Fsp3) is 0.167. The molecule has 23 heavy (non-hydrogen) atoms. The van der Waals surface area contributed by atoms with E-state index in [4.69, 9.17) is 5.26 Å². The molecule has 2 aromatic rings. The van der Waals surface area contributed by atoms with Crippen molar-refractivity contribution in [1.82, 2.24) is 0 Å². The van der Waals surface area contributed by atoms with E-state index in [2.05, 4.69) is 17.6 Å². The van der Waals surface area contributed by atoms with Crippen molar-refractivity contribution in [3.63, 3.8) is 0 Å². The molecule has 0 spiro atoms. The van der Waals surface area contributed by atoms with Crippen LogP contribution in [0.3, 0.4) is 0 Å². The lowest BCUT2D eigenvalue weighted by atomic mass is 10.1. The zero-order valence-corrected chi connectivity index (χ0v) is 12.8. The van der Waals surface area contributed by atoms with Crippen LogP contribution in [0.5, 0.6) is 0 Å². The summed E-state index contributed by atoms with van der Waals surface area (Å²) in [5.41, 5.74) is 2.59. The number of nitrogens with one attached hydrogen (secondary N) is 2. The number of hydrogen-bond donors (Lipinski definition) is 2. The second kappa shape index (κ2) is 7.76. The highest BCUT2D eigenvalue weighted by Gasteiger charge is 2.11. The Bertz CT molecular complexity index is 746. The van der Waals surface area contributed by atoms with Crippen molar-refractivity contribution in [2.45, 2.75) is 19.8 Å². The molecule has 0 radical (unpaired) electrons. The molecule has 0 unspecified atom stereocenters. The number of rotatable bonds is 5. The molecule has 2 N–H and O–H groups in total. The Morgan fingerprint density at radius 1 is 1.00 bits per heavy atom. The maximum absolute atomic E-state index is 11.9. The van der Waals surface area contributed by atoms with E-state index in [1.54, 1.807) is 36.4 Å². The molecule has 0 atom stereocenters. The molecule has 2 amide bonds. The van der Waals surface area contributed by atoms with Crippen molar-refractivity contribution in [2.75, 3.05) is 10.6 Å². The number of para-hydroxylation sites is 1. The molecule has 2 rings (SSSR count). The fourth-order valence-electron chi connectivity index (χ4n) is 2.06. The summed E-state index contributed by atoms with van der Waals surface area (Å²) in [4.78, 5) is 23.8. The van der Waals surface area contributed by atoms with Crippen LogP contribution in [0, 0.1) is 11.3 Å². The van der Waals surface area contributed by atoms with E-state index in [0.717, 1.165) is 6.42 Å². The lowest BCUT2D eigenvalue weighted by Crippen LogP contribution is -2.21. The Morgan fingerprint density at radius 2 is 1.65 bits per heavy atom. The normalized spacial score (nSPS) is 9.74. The number of amides is 2. The van der Waals surface area contributed by atoms with Crippen molar-refractivity contribution < 1.29 is 9.59 Å². The Morgan fingerprint density at radius 3 is 2.30 bits per heavy atom. The van der Waals surface area contributed by atoms with Gasteiger partial charge in [-0.3, -0.25) is 9.59 Å². The standard InChI is InChI=1S/C18H17N3O2/c1-2-13-7-9-15(10-8-13)20-17(22)11-18(23)21-16-6-4-3-5-14(16)12-19/h3-10H,2,11H2,1H3,(H,20,22)(H,21,23). The molecule has 0 aliphatic rings. The Kier molecular flexibility index (Phi) is 5.48. The molecule has 116 valence electrons. The van der Waals surface area contributed by atoms with Gasteiger partial charge in [-0.1, -0.05) is 31.2 Å². The molecule has 0 saturated carbocycles. The first kappa shape index (κ1) is 16.2. The number of carbonyl (C=O) groups excluding carboxylic acids is 2. The Balaban J connectivity index is 1.92. The summed E-state index contributed by atoms with van der Waals surface area (Å²) >= 11 is 0. The summed E-state index contributed by atoms with van der Waals surface area (Å²) < 4.78 is 0. The highest BCUT2D eigenvalue weighted by Crippen LogP contribution is 2.14. The minimum absolute atomic E-state index is 0.310. The van der Waals surface area contributed by atoms with Crippen molar-refractivity contribution in [2.24, 2.45) is 0 Å². The highest BCUT2D eigenvalue weighted by molar-refractivity contribution is 6.08. The number of nitriles is 1. The first-order chi connectivity index (χ1) is 11.1. The van der Waals surface area contributed by atoms with E-state index in [0.29, 0.717) is 16.9 Å². The molecule has 0 aromatic heterocycles. The zero-order valence-electron chi connectivity index (χ0n) is 12.8. The van der Waals surface area contributed by atoms with Gasteiger partial charge in [0.25, 0.3) is 0 Å². The van der Waals surface area contributed by atoms with Gasteiger partial charge in [-0.05, 0) is 36.2 Å². The van der Waals surface area contributed by atoms with Crippen LogP contribution in [-0.2, 0) is 16.0 Å². The molecular weight excluding hydrogens is 290 g/mol. The van der Waals surface area contributed by atoms with E-state index in [9.17, 15) is 9.59 Å². The van der Waals surface area contributed by atoms with Crippen LogP contribution in [0.2, 0.25) is 0 Å². The predicted molar refractivity (Wildman–Crippen MR) is 88.9 cm³/mol. The first-order valence-electron chi connectivity index (χ1n) is 7.30. The quantitative estimate of drug-likeness (QED) is 0.833. The molecule has 0 aliphatic carbocycles. The number of carbonyl (C=O) groups is 2. The maximum Gasteiger partial charge on any atom is 0.233 e. The average Bonchev–Trinajstić information content (AvgIpc) is 2.55. The SMILES string of the molecule is CCc1ccc(NC(=O)CC(=O)Nc2ccccc2C#N)cc1. The van der Waals surface area contributed by atoms with E-state index in [-0.39, 0.29) is 6.42 Å². The highest BCUT2D eigenvalue weighted by atomic mass is 16.2. The van der Waals surface area contributed by atoms with E-state index in [1.165, 1.54) is 5.56 Å². The molecule has 0 bridgehead atoms. The third-order valence-corrected chi connectivity index (χ3v) is 3.29. The van der Waals surface area contributed by atoms with Gasteiger partial charge in [0.05, 0.1) is 11.3 Å². The van der Waals surface area contributed by atoms with E-state index in [1.807, 2.05) is 18.2 Å². The summed E-state index contributed by atoms with van der Waals surface area (Å²) in [5, 5.41) is 14.2. The van der Waals surface area contributed by atoms with Crippen molar-refractivity contribution in [3.05, 3.63) is 59.7 Å². The van der Waals surface area contributed by atoms with E-state index >= 15 is 0 Å². The third kappa shape index (κ3) is 4.68. The largest absolute Gasteiger partial charge is 0.326 e. The van der Waals surface area contributed by atoms with Gasteiger partial charge >= 0.3 is 0 Å². The van der Waals surface area contributed by atoms with Crippen LogP contribution in [0.15, 0.2) is 48.5 Å². The molecule has 5 nitrogen and oxygen atoms in total. The van der Waals surface area contributed by atoms with Gasteiger partial charge < -0.3 is 10.6 Å². The fourth-order valence-corrected chi connectivity index (χ4v) is 2.06. The minimum atomic E-state index is -0.463. The number of aryl methyl sites for hydroxylation is 1. The van der Waals surface area contributed by atoms with Crippen molar-refractivity contribution in [1.29, 1.82) is 5.26 Å². The minimum Gasteiger partial charge on any atom is -0.326 e. The molecular formula is C18H17N3O2. The molecule has 2 aromatic carbocycles. The Labute approximate surface area is 134 Å². The monoisotopic (exact) mass is 307 g/mol. The Hall–Kier alpha value is -3.13. The second-order valence-corrected chi connectivity index (χ2v) is 4.98. The smallest absolute Gasteiger partial charge is 0.233 e. The van der Waals surface area contributed by atoms with Crippen molar-refractivity contribution in [3.8, 4) is 6.07 Å². The molecule has 5 heteroatoms. The number of anilines is 2. The van der Waals surface area contributed by atoms with Gasteiger partial charge in [-0.25, -0.2) is 0 Å². The van der Waals surface area contributed by atoms with Gasteiger partial charge in [0, 0.05) is 5.69 Å². The first-order valence-corrected chi connectivity index (χ1v) is 7.30. The zero-order chi connectivity index (χ0) is 16.7. The van der Waals surface area contributed by atoms with Crippen LogP contribution in [-0.4, -0.2) is 11.8 Å². The number of benzene rings is 2. The molecule has 0 heterocycles. The third-order valence-electron chi connectivity index (χ3n) is 3.29. The van der Waals surface area contributed by atoms with Crippen LogP contribution >= 0.6 is 0 Å². The van der Waals surface area contributed by atoms with Gasteiger partial charge in [0.1, 0.15) is 12.5 Å². The molecule has 0 saturated heterocycles. The van der Waals surface area contributed by atoms with Gasteiger partial charge in [0.2, 0.25) is 11.8 Å². The molecule has 0 aliphatic heterocycles. The topological polar surface area (TPSA) is 82.0 Å². The van der Waals surface area contributed by atoms with Crippen molar-refractivity contribution >= 4 is 23.2 Å². The second-order valence-electron chi connectivity index (χ2n) is 4.98. The van der Waals surface area contributed by atoms with Crippen LogP contribution in [0.25, 0.3) is 0 Å².